The third kappa shape index (κ3) is 1.85. The van der Waals surface area contributed by atoms with E-state index in [0.29, 0.717) is 21.9 Å². The summed E-state index contributed by atoms with van der Waals surface area (Å²) in [6.45, 7) is 1.74. The Morgan fingerprint density at radius 3 is 2.47 bits per heavy atom. The topological polar surface area (TPSA) is 80.4 Å². The number of carbonyl (C=O) groups excluding carboxylic acids is 1. The summed E-state index contributed by atoms with van der Waals surface area (Å²) in [4.78, 5) is 22.2. The van der Waals surface area contributed by atoms with E-state index in [9.17, 15) is 9.59 Å². The van der Waals surface area contributed by atoms with Crippen molar-refractivity contribution in [3.05, 3.63) is 47.0 Å². The van der Waals surface area contributed by atoms with Gasteiger partial charge in [-0.1, -0.05) is 18.2 Å². The molecule has 0 saturated carbocycles. The predicted octanol–water partition coefficient (Wildman–Crippen LogP) is 1.95. The van der Waals surface area contributed by atoms with E-state index >= 15 is 0 Å². The van der Waals surface area contributed by atoms with Crippen LogP contribution in [0.1, 0.15) is 26.3 Å². The minimum atomic E-state index is -0.972. The summed E-state index contributed by atoms with van der Waals surface area (Å²) in [6.07, 6.45) is 0. The van der Waals surface area contributed by atoms with Crippen molar-refractivity contribution in [1.82, 2.24) is 0 Å². The normalized spacial score (nSPS) is 10.4. The van der Waals surface area contributed by atoms with Gasteiger partial charge in [0.25, 0.3) is 0 Å². The van der Waals surface area contributed by atoms with Gasteiger partial charge >= 0.3 is 5.97 Å². The zero-order valence-electron chi connectivity index (χ0n) is 9.23. The maximum absolute atomic E-state index is 11.2. The van der Waals surface area contributed by atoms with Gasteiger partial charge in [-0.15, -0.1) is 0 Å². The van der Waals surface area contributed by atoms with Gasteiger partial charge in [0.2, 0.25) is 5.91 Å². The molecule has 0 spiro atoms. The van der Waals surface area contributed by atoms with E-state index in [2.05, 4.69) is 0 Å². The molecule has 2 aromatic rings. The number of carboxylic acids is 1. The van der Waals surface area contributed by atoms with Crippen LogP contribution in [0.4, 0.5) is 0 Å². The van der Waals surface area contributed by atoms with Crippen molar-refractivity contribution < 1.29 is 14.7 Å². The highest BCUT2D eigenvalue weighted by Gasteiger charge is 2.12. The first kappa shape index (κ1) is 11.1. The van der Waals surface area contributed by atoms with Crippen LogP contribution in [0.25, 0.3) is 10.8 Å². The fraction of sp³-hybridized carbons (Fsp3) is 0.0769. The molecule has 4 heteroatoms. The Labute approximate surface area is 97.7 Å². The smallest absolute Gasteiger partial charge is 0.336 e. The van der Waals surface area contributed by atoms with Gasteiger partial charge < -0.3 is 10.8 Å². The number of carboxylic acid groups (broad SMARTS) is 1. The number of amides is 1. The monoisotopic (exact) mass is 229 g/mol. The zero-order chi connectivity index (χ0) is 12.6. The molecule has 17 heavy (non-hydrogen) atoms. The number of benzene rings is 2. The van der Waals surface area contributed by atoms with Crippen LogP contribution in [0.3, 0.4) is 0 Å². The highest BCUT2D eigenvalue weighted by Crippen LogP contribution is 2.23. The molecule has 2 aromatic carbocycles. The van der Waals surface area contributed by atoms with Crippen molar-refractivity contribution in [2.24, 2.45) is 5.73 Å². The van der Waals surface area contributed by atoms with E-state index in [4.69, 9.17) is 10.8 Å². The minimum Gasteiger partial charge on any atom is -0.478 e. The molecule has 2 rings (SSSR count). The van der Waals surface area contributed by atoms with Crippen LogP contribution in [0.5, 0.6) is 0 Å². The summed E-state index contributed by atoms with van der Waals surface area (Å²) in [5.74, 6) is -1.50. The second kappa shape index (κ2) is 3.90. The SMILES string of the molecule is Cc1ccc2cc(C(N)=O)ccc2c1C(=O)O. The lowest BCUT2D eigenvalue weighted by Crippen LogP contribution is -2.10. The molecule has 4 nitrogen and oxygen atoms in total. The van der Waals surface area contributed by atoms with Crippen molar-refractivity contribution in [2.75, 3.05) is 0 Å². The van der Waals surface area contributed by atoms with Crippen molar-refractivity contribution in [1.29, 1.82) is 0 Å². The van der Waals surface area contributed by atoms with Crippen molar-refractivity contribution in [3.8, 4) is 0 Å². The Morgan fingerprint density at radius 2 is 1.88 bits per heavy atom. The van der Waals surface area contributed by atoms with E-state index in [1.165, 1.54) is 6.07 Å². The fourth-order valence-corrected chi connectivity index (χ4v) is 1.88. The van der Waals surface area contributed by atoms with Crippen LogP contribution in [-0.4, -0.2) is 17.0 Å². The number of fused-ring (bicyclic) bond motifs is 1. The Kier molecular flexibility index (Phi) is 2.55. The lowest BCUT2D eigenvalue weighted by atomic mass is 9.98. The molecule has 0 heterocycles. The molecule has 0 unspecified atom stereocenters. The van der Waals surface area contributed by atoms with Gasteiger partial charge in [-0.2, -0.15) is 0 Å². The first-order valence-corrected chi connectivity index (χ1v) is 5.07. The minimum absolute atomic E-state index is 0.263. The molecule has 0 aliphatic carbocycles. The molecule has 0 aromatic heterocycles. The zero-order valence-corrected chi connectivity index (χ0v) is 9.23. The highest BCUT2D eigenvalue weighted by molar-refractivity contribution is 6.07. The van der Waals surface area contributed by atoms with Gasteiger partial charge in [0.1, 0.15) is 0 Å². The summed E-state index contributed by atoms with van der Waals surface area (Å²) in [5.41, 5.74) is 6.50. The summed E-state index contributed by atoms with van der Waals surface area (Å²) in [6, 6.07) is 8.26. The van der Waals surface area contributed by atoms with Gasteiger partial charge in [0.05, 0.1) is 5.56 Å². The van der Waals surface area contributed by atoms with Crippen molar-refractivity contribution in [2.45, 2.75) is 6.92 Å². The number of carbonyl (C=O) groups is 2. The predicted molar refractivity (Wildman–Crippen MR) is 64.2 cm³/mol. The van der Waals surface area contributed by atoms with E-state index in [-0.39, 0.29) is 5.56 Å². The average molecular weight is 229 g/mol. The summed E-state index contributed by atoms with van der Waals surface area (Å²) >= 11 is 0. The third-order valence-electron chi connectivity index (χ3n) is 2.73. The van der Waals surface area contributed by atoms with Gasteiger partial charge in [-0.3, -0.25) is 4.79 Å². The van der Waals surface area contributed by atoms with Crippen LogP contribution in [-0.2, 0) is 0 Å². The summed E-state index contributed by atoms with van der Waals surface area (Å²) in [5, 5.41) is 10.5. The first-order chi connectivity index (χ1) is 8.00. The average Bonchev–Trinajstić information content (AvgIpc) is 2.27. The summed E-state index contributed by atoms with van der Waals surface area (Å²) in [7, 11) is 0. The van der Waals surface area contributed by atoms with Crippen LogP contribution >= 0.6 is 0 Å². The molecule has 0 aliphatic rings. The van der Waals surface area contributed by atoms with Crippen LogP contribution < -0.4 is 5.73 Å². The number of primary amides is 1. The number of nitrogens with two attached hydrogens (primary N) is 1. The third-order valence-corrected chi connectivity index (χ3v) is 2.73. The van der Waals surface area contributed by atoms with E-state index in [1.54, 1.807) is 31.2 Å². The molecular formula is C13H11NO3. The van der Waals surface area contributed by atoms with Gasteiger partial charge in [0.15, 0.2) is 0 Å². The molecular weight excluding hydrogens is 218 g/mol. The number of aryl methyl sites for hydroxylation is 1. The Bertz CT molecular complexity index is 632. The molecule has 0 bridgehead atoms. The standard InChI is InChI=1S/C13H11NO3/c1-7-2-3-8-6-9(12(14)15)4-5-10(8)11(7)13(16)17/h2-6H,1H3,(H2,14,15)(H,16,17). The van der Waals surface area contributed by atoms with Crippen molar-refractivity contribution in [3.63, 3.8) is 0 Å². The number of hydrogen-bond donors (Lipinski definition) is 2. The molecule has 0 atom stereocenters. The maximum atomic E-state index is 11.2. The van der Waals surface area contributed by atoms with Crippen LogP contribution in [0.2, 0.25) is 0 Å². The van der Waals surface area contributed by atoms with E-state index in [1.807, 2.05) is 0 Å². The van der Waals surface area contributed by atoms with Crippen molar-refractivity contribution >= 4 is 22.6 Å². The maximum Gasteiger partial charge on any atom is 0.336 e. The summed E-state index contributed by atoms with van der Waals surface area (Å²) < 4.78 is 0. The van der Waals surface area contributed by atoms with Crippen LogP contribution in [0, 0.1) is 6.92 Å². The van der Waals surface area contributed by atoms with E-state index < -0.39 is 11.9 Å². The fourth-order valence-electron chi connectivity index (χ4n) is 1.88. The molecule has 86 valence electrons. The van der Waals surface area contributed by atoms with Gasteiger partial charge in [0, 0.05) is 5.56 Å². The molecule has 3 N–H and O–H groups in total. The number of rotatable bonds is 2. The molecule has 1 amide bonds. The molecule has 0 radical (unpaired) electrons. The Morgan fingerprint density at radius 1 is 1.18 bits per heavy atom. The molecule has 0 aliphatic heterocycles. The molecule has 0 fully saturated rings. The van der Waals surface area contributed by atoms with Gasteiger partial charge in [-0.05, 0) is 35.4 Å². The quantitative estimate of drug-likeness (QED) is 0.825. The number of hydrogen-bond acceptors (Lipinski definition) is 2. The lowest BCUT2D eigenvalue weighted by molar-refractivity contribution is 0.0698. The van der Waals surface area contributed by atoms with E-state index in [0.717, 1.165) is 0 Å². The Hall–Kier alpha value is -2.36. The van der Waals surface area contributed by atoms with Gasteiger partial charge in [-0.25, -0.2) is 4.79 Å². The largest absolute Gasteiger partial charge is 0.478 e. The second-order valence-electron chi connectivity index (χ2n) is 3.86. The first-order valence-electron chi connectivity index (χ1n) is 5.07. The highest BCUT2D eigenvalue weighted by atomic mass is 16.4. The number of aromatic carboxylic acids is 1. The Balaban J connectivity index is 2.79. The second-order valence-corrected chi connectivity index (χ2v) is 3.86. The lowest BCUT2D eigenvalue weighted by Gasteiger charge is -2.07. The van der Waals surface area contributed by atoms with Crippen LogP contribution in [0.15, 0.2) is 30.3 Å². The molecule has 0 saturated heterocycles.